The molecule has 1 heterocycles. The van der Waals surface area contributed by atoms with Gasteiger partial charge in [-0.15, -0.1) is 0 Å². The molecule has 0 radical (unpaired) electrons. The number of aliphatic carboxylic acids is 1. The smallest absolute Gasteiger partial charge is 0.389 e. The van der Waals surface area contributed by atoms with Crippen molar-refractivity contribution in [1.29, 1.82) is 0 Å². The molecule has 0 atom stereocenters. The fourth-order valence-electron chi connectivity index (χ4n) is 1.89. The normalized spacial score (nSPS) is 11.4. The summed E-state index contributed by atoms with van der Waals surface area (Å²) in [5.41, 5.74) is 1.57. The summed E-state index contributed by atoms with van der Waals surface area (Å²) in [7, 11) is 0. The van der Waals surface area contributed by atoms with Crippen LogP contribution in [0, 0.1) is 0 Å². The van der Waals surface area contributed by atoms with Gasteiger partial charge in [-0.05, 0) is 18.1 Å². The zero-order valence-electron chi connectivity index (χ0n) is 11.5. The average molecular weight is 310 g/mol. The quantitative estimate of drug-likeness (QED) is 0.920. The van der Waals surface area contributed by atoms with Crippen molar-refractivity contribution in [1.82, 2.24) is 9.97 Å². The highest BCUT2D eigenvalue weighted by molar-refractivity contribution is 5.70. The SMILES string of the molecule is O=C(O)Cc1ccc(-c2nccc(CCC(F)(F)F)n2)cc1. The molecule has 0 spiro atoms. The first-order valence-electron chi connectivity index (χ1n) is 6.53. The van der Waals surface area contributed by atoms with Crippen LogP contribution in [0.5, 0.6) is 0 Å². The van der Waals surface area contributed by atoms with Crippen molar-refractivity contribution in [3.8, 4) is 11.4 Å². The lowest BCUT2D eigenvalue weighted by Crippen LogP contribution is -2.09. The number of carboxylic acid groups (broad SMARTS) is 1. The molecule has 7 heteroatoms. The lowest BCUT2D eigenvalue weighted by Gasteiger charge is -2.07. The van der Waals surface area contributed by atoms with Gasteiger partial charge in [0, 0.05) is 23.9 Å². The first-order valence-corrected chi connectivity index (χ1v) is 6.53. The number of aromatic nitrogens is 2. The van der Waals surface area contributed by atoms with Crippen LogP contribution in [-0.2, 0) is 17.6 Å². The van der Waals surface area contributed by atoms with Gasteiger partial charge < -0.3 is 5.11 Å². The number of aryl methyl sites for hydroxylation is 1. The number of carbonyl (C=O) groups is 1. The molecular weight excluding hydrogens is 297 g/mol. The minimum atomic E-state index is -4.22. The van der Waals surface area contributed by atoms with Gasteiger partial charge in [0.15, 0.2) is 5.82 Å². The van der Waals surface area contributed by atoms with Crippen molar-refractivity contribution in [3.05, 3.63) is 47.8 Å². The first-order chi connectivity index (χ1) is 10.3. The summed E-state index contributed by atoms with van der Waals surface area (Å²) in [6, 6.07) is 8.03. The summed E-state index contributed by atoms with van der Waals surface area (Å²) >= 11 is 0. The van der Waals surface area contributed by atoms with Gasteiger partial charge >= 0.3 is 12.1 Å². The number of hydrogen-bond acceptors (Lipinski definition) is 3. The third-order valence-corrected chi connectivity index (χ3v) is 2.95. The Morgan fingerprint density at radius 2 is 1.82 bits per heavy atom. The summed E-state index contributed by atoms with van der Waals surface area (Å²) in [4.78, 5) is 18.7. The lowest BCUT2D eigenvalue weighted by atomic mass is 10.1. The van der Waals surface area contributed by atoms with Crippen LogP contribution in [0.3, 0.4) is 0 Å². The van der Waals surface area contributed by atoms with Gasteiger partial charge in [-0.1, -0.05) is 24.3 Å². The highest BCUT2D eigenvalue weighted by Gasteiger charge is 2.26. The van der Waals surface area contributed by atoms with Crippen molar-refractivity contribution in [2.45, 2.75) is 25.4 Å². The number of nitrogens with zero attached hydrogens (tertiary/aromatic N) is 2. The third-order valence-electron chi connectivity index (χ3n) is 2.95. The van der Waals surface area contributed by atoms with E-state index < -0.39 is 18.6 Å². The fraction of sp³-hybridized carbons (Fsp3) is 0.267. The number of hydrogen-bond donors (Lipinski definition) is 1. The molecule has 116 valence electrons. The molecule has 0 aliphatic heterocycles. The van der Waals surface area contributed by atoms with E-state index in [2.05, 4.69) is 9.97 Å². The molecule has 1 N–H and O–H groups in total. The molecule has 0 aliphatic rings. The second-order valence-corrected chi connectivity index (χ2v) is 4.75. The van der Waals surface area contributed by atoms with Crippen LogP contribution < -0.4 is 0 Å². The molecule has 22 heavy (non-hydrogen) atoms. The van der Waals surface area contributed by atoms with Crippen molar-refractivity contribution >= 4 is 5.97 Å². The molecule has 0 aliphatic carbocycles. The highest BCUT2D eigenvalue weighted by Crippen LogP contribution is 2.22. The largest absolute Gasteiger partial charge is 0.481 e. The van der Waals surface area contributed by atoms with E-state index in [1.165, 1.54) is 12.3 Å². The van der Waals surface area contributed by atoms with Crippen molar-refractivity contribution in [2.75, 3.05) is 0 Å². The Morgan fingerprint density at radius 3 is 2.41 bits per heavy atom. The van der Waals surface area contributed by atoms with Gasteiger partial charge in [0.25, 0.3) is 0 Å². The Balaban J connectivity index is 2.13. The van der Waals surface area contributed by atoms with E-state index in [9.17, 15) is 18.0 Å². The average Bonchev–Trinajstić information content (AvgIpc) is 2.45. The van der Waals surface area contributed by atoms with Crippen molar-refractivity contribution in [3.63, 3.8) is 0 Å². The third kappa shape index (κ3) is 4.83. The van der Waals surface area contributed by atoms with E-state index in [-0.39, 0.29) is 12.8 Å². The van der Waals surface area contributed by atoms with E-state index in [1.807, 2.05) is 0 Å². The Bertz CT molecular complexity index is 655. The molecule has 4 nitrogen and oxygen atoms in total. The van der Waals surface area contributed by atoms with Gasteiger partial charge in [0.2, 0.25) is 0 Å². The Morgan fingerprint density at radius 1 is 1.14 bits per heavy atom. The molecule has 1 aromatic heterocycles. The predicted molar refractivity (Wildman–Crippen MR) is 73.2 cm³/mol. The molecule has 1 aromatic carbocycles. The van der Waals surface area contributed by atoms with E-state index in [0.29, 0.717) is 22.6 Å². The Hall–Kier alpha value is -2.44. The van der Waals surface area contributed by atoms with Crippen LogP contribution in [-0.4, -0.2) is 27.2 Å². The minimum absolute atomic E-state index is 0.0905. The maximum atomic E-state index is 12.2. The molecule has 0 saturated heterocycles. The predicted octanol–water partition coefficient (Wildman–Crippen LogP) is 3.27. The summed E-state index contributed by atoms with van der Waals surface area (Å²) in [5.74, 6) is -0.611. The summed E-state index contributed by atoms with van der Waals surface area (Å²) in [5, 5.41) is 8.70. The maximum Gasteiger partial charge on any atom is 0.389 e. The van der Waals surface area contributed by atoms with Gasteiger partial charge in [-0.3, -0.25) is 4.79 Å². The zero-order chi connectivity index (χ0) is 16.2. The van der Waals surface area contributed by atoms with Gasteiger partial charge in [-0.25, -0.2) is 9.97 Å². The number of carboxylic acids is 1. The first kappa shape index (κ1) is 15.9. The Labute approximate surface area is 124 Å². The molecule has 2 rings (SSSR count). The minimum Gasteiger partial charge on any atom is -0.481 e. The standard InChI is InChI=1S/C15H13F3N2O2/c16-15(17,18)7-5-12-6-8-19-14(20-12)11-3-1-10(2-4-11)9-13(21)22/h1-4,6,8H,5,7,9H2,(H,21,22). The number of alkyl halides is 3. The van der Waals surface area contributed by atoms with Crippen LogP contribution in [0.2, 0.25) is 0 Å². The van der Waals surface area contributed by atoms with Gasteiger partial charge in [0.05, 0.1) is 6.42 Å². The topological polar surface area (TPSA) is 63.1 Å². The number of halogens is 3. The monoisotopic (exact) mass is 310 g/mol. The second kappa shape index (κ2) is 6.55. The molecule has 2 aromatic rings. The molecule has 0 unspecified atom stereocenters. The summed E-state index contributed by atoms with van der Waals surface area (Å²) < 4.78 is 36.7. The lowest BCUT2D eigenvalue weighted by molar-refractivity contribution is -0.136. The van der Waals surface area contributed by atoms with Gasteiger partial charge in [0.1, 0.15) is 0 Å². The Kier molecular flexibility index (Phi) is 4.75. The molecule has 0 saturated carbocycles. The van der Waals surface area contributed by atoms with E-state index in [1.54, 1.807) is 24.3 Å². The van der Waals surface area contributed by atoms with E-state index in [4.69, 9.17) is 5.11 Å². The van der Waals surface area contributed by atoms with Crippen molar-refractivity contribution in [2.24, 2.45) is 0 Å². The molecular formula is C15H13F3N2O2. The summed E-state index contributed by atoms with van der Waals surface area (Å²) in [6.45, 7) is 0. The number of rotatable bonds is 5. The van der Waals surface area contributed by atoms with Crippen LogP contribution in [0.25, 0.3) is 11.4 Å². The molecule has 0 bridgehead atoms. The fourth-order valence-corrected chi connectivity index (χ4v) is 1.89. The highest BCUT2D eigenvalue weighted by atomic mass is 19.4. The van der Waals surface area contributed by atoms with Crippen LogP contribution >= 0.6 is 0 Å². The molecule has 0 fully saturated rings. The molecule has 0 amide bonds. The van der Waals surface area contributed by atoms with Gasteiger partial charge in [-0.2, -0.15) is 13.2 Å². The zero-order valence-corrected chi connectivity index (χ0v) is 11.5. The summed E-state index contributed by atoms with van der Waals surface area (Å²) in [6.07, 6.45) is -4.02. The second-order valence-electron chi connectivity index (χ2n) is 4.75. The van der Waals surface area contributed by atoms with Crippen molar-refractivity contribution < 1.29 is 23.1 Å². The van der Waals surface area contributed by atoms with Crippen LogP contribution in [0.4, 0.5) is 13.2 Å². The number of benzene rings is 1. The van der Waals surface area contributed by atoms with E-state index >= 15 is 0 Å². The van der Waals surface area contributed by atoms with Crippen LogP contribution in [0.1, 0.15) is 17.7 Å². The maximum absolute atomic E-state index is 12.2. The van der Waals surface area contributed by atoms with E-state index in [0.717, 1.165) is 0 Å². The van der Waals surface area contributed by atoms with Crippen LogP contribution in [0.15, 0.2) is 36.5 Å².